The van der Waals surface area contributed by atoms with Gasteiger partial charge in [-0.3, -0.25) is 9.36 Å². The lowest BCUT2D eigenvalue weighted by atomic mass is 10.2. The lowest BCUT2D eigenvalue weighted by molar-refractivity contribution is -0.146. The van der Waals surface area contributed by atoms with Gasteiger partial charge in [0.1, 0.15) is 5.69 Å². The normalized spacial score (nSPS) is 12.4. The van der Waals surface area contributed by atoms with Crippen molar-refractivity contribution in [1.29, 1.82) is 0 Å². The van der Waals surface area contributed by atoms with Crippen LogP contribution in [0.1, 0.15) is 23.0 Å². The second-order valence-electron chi connectivity index (χ2n) is 7.21. The van der Waals surface area contributed by atoms with Crippen LogP contribution in [0.3, 0.4) is 0 Å². The Labute approximate surface area is 213 Å². The summed E-state index contributed by atoms with van der Waals surface area (Å²) < 4.78 is 65.8. The van der Waals surface area contributed by atoms with Gasteiger partial charge in [0, 0.05) is 26.7 Å². The largest absolute Gasteiger partial charge is 0.479 e. The predicted molar refractivity (Wildman–Crippen MR) is 126 cm³/mol. The maximum atomic E-state index is 12.9. The van der Waals surface area contributed by atoms with Crippen LogP contribution in [0, 0.1) is 0 Å². The Balaban J connectivity index is 0.000000649. The number of halogens is 4. The van der Waals surface area contributed by atoms with Crippen molar-refractivity contribution in [1.82, 2.24) is 13.4 Å². The molecule has 37 heavy (non-hydrogen) atoms. The molecule has 1 heterocycles. The number of carbonyl (C=O) groups excluding carboxylic acids is 1. The maximum Gasteiger partial charge on any atom is 0.431 e. The molecule has 0 fully saturated rings. The number of benzene rings is 1. The Bertz CT molecular complexity index is 1420. The van der Waals surface area contributed by atoms with Crippen molar-refractivity contribution in [2.45, 2.75) is 19.2 Å². The van der Waals surface area contributed by atoms with Crippen LogP contribution < -0.4 is 16.4 Å². The van der Waals surface area contributed by atoms with Crippen molar-refractivity contribution in [3.63, 3.8) is 0 Å². The van der Waals surface area contributed by atoms with Crippen LogP contribution in [0.15, 0.2) is 46.5 Å². The number of nitrogens with two attached hydrogens (primary N) is 1. The lowest BCUT2D eigenvalue weighted by Crippen LogP contribution is -2.40. The second-order valence-corrected chi connectivity index (χ2v) is 9.27. The Hall–Kier alpha value is -3.47. The molecule has 204 valence electrons. The second kappa shape index (κ2) is 12.2. The molecule has 12 nitrogen and oxygen atoms in total. The van der Waals surface area contributed by atoms with Crippen LogP contribution in [-0.4, -0.2) is 58.6 Å². The molecule has 0 spiro atoms. The van der Waals surface area contributed by atoms with Gasteiger partial charge in [-0.1, -0.05) is 17.7 Å². The van der Waals surface area contributed by atoms with E-state index in [1.165, 1.54) is 13.1 Å². The van der Waals surface area contributed by atoms with Gasteiger partial charge in [0.25, 0.3) is 15.8 Å². The summed E-state index contributed by atoms with van der Waals surface area (Å²) in [7, 11) is -1.28. The summed E-state index contributed by atoms with van der Waals surface area (Å²) in [6, 6.07) is 3.42. The smallest absolute Gasteiger partial charge is 0.431 e. The molecule has 0 saturated carbocycles. The maximum absolute atomic E-state index is 12.9. The van der Waals surface area contributed by atoms with Crippen LogP contribution in [0.4, 0.5) is 13.2 Å². The Morgan fingerprint density at radius 2 is 1.86 bits per heavy atom. The summed E-state index contributed by atoms with van der Waals surface area (Å²) in [5, 5.41) is 13.3. The number of nitrogens with zero attached hydrogens (tertiary/aromatic N) is 3. The molecule has 1 aromatic heterocycles. The number of esters is 1. The molecule has 0 amide bonds. The van der Waals surface area contributed by atoms with E-state index in [4.69, 9.17) is 21.8 Å². The minimum Gasteiger partial charge on any atom is -0.479 e. The summed E-state index contributed by atoms with van der Waals surface area (Å²) in [5.74, 6) is -2.58. The fraction of sp³-hybridized carbons (Fsp3) is 0.300. The van der Waals surface area contributed by atoms with Gasteiger partial charge in [-0.25, -0.2) is 24.1 Å². The summed E-state index contributed by atoms with van der Waals surface area (Å²) in [5.41, 5.74) is -4.65. The van der Waals surface area contributed by atoms with Crippen molar-refractivity contribution in [2.24, 2.45) is 12.2 Å². The molecular weight excluding hydrogens is 549 g/mol. The number of hydrogen-bond donors (Lipinski definition) is 2. The molecule has 17 heteroatoms. The summed E-state index contributed by atoms with van der Waals surface area (Å²) in [6.45, 7) is 4.69. The number of carboxylic acid groups (broad SMARTS) is 1. The Morgan fingerprint density at radius 3 is 2.30 bits per heavy atom. The van der Waals surface area contributed by atoms with E-state index in [1.54, 1.807) is 0 Å². The van der Waals surface area contributed by atoms with Gasteiger partial charge in [0.2, 0.25) is 0 Å². The number of hydrogen-bond acceptors (Lipinski definition) is 7. The number of carbonyl (C=O) groups is 2. The van der Waals surface area contributed by atoms with Gasteiger partial charge in [0.15, 0.2) is 6.10 Å². The molecule has 1 atom stereocenters. The monoisotopic (exact) mass is 570 g/mol. The van der Waals surface area contributed by atoms with Crippen LogP contribution >= 0.6 is 11.6 Å². The van der Waals surface area contributed by atoms with Crippen LogP contribution in [0.5, 0.6) is 0 Å². The van der Waals surface area contributed by atoms with Gasteiger partial charge in [0.05, 0.1) is 16.3 Å². The highest BCUT2D eigenvalue weighted by atomic mass is 35.5. The van der Waals surface area contributed by atoms with E-state index in [0.29, 0.717) is 4.57 Å². The third-order valence-corrected chi connectivity index (χ3v) is 5.84. The first-order valence-corrected chi connectivity index (χ1v) is 11.7. The zero-order valence-corrected chi connectivity index (χ0v) is 21.1. The number of likely N-dealkylation sites (N-methyl/N-ethyl adjacent to an activating group) is 1. The van der Waals surface area contributed by atoms with Crippen LogP contribution in [-0.2, 0) is 33.0 Å². The number of carboxylic acids is 1. The average molecular weight is 571 g/mol. The van der Waals surface area contributed by atoms with E-state index in [2.05, 4.69) is 11.3 Å². The van der Waals surface area contributed by atoms with Gasteiger partial charge in [-0.15, -0.1) is 6.58 Å². The zero-order valence-electron chi connectivity index (χ0n) is 19.5. The SMILES string of the molecule is C=CCN(C)S(N)(=O)=O.C[C@H](OC(=O)c1cc(-n2c(=O)cc(C(F)(F)F)n(C)c2=O)ccc1Cl)C(=O)O. The van der Waals surface area contributed by atoms with Crippen molar-refractivity contribution < 1.29 is 41.0 Å². The van der Waals surface area contributed by atoms with Gasteiger partial charge >= 0.3 is 23.8 Å². The van der Waals surface area contributed by atoms with E-state index in [-0.39, 0.29) is 33.5 Å². The third kappa shape index (κ3) is 8.28. The van der Waals surface area contributed by atoms with Gasteiger partial charge < -0.3 is 9.84 Å². The first-order valence-electron chi connectivity index (χ1n) is 9.81. The fourth-order valence-corrected chi connectivity index (χ4v) is 3.01. The van der Waals surface area contributed by atoms with Crippen molar-refractivity contribution in [2.75, 3.05) is 13.6 Å². The fourth-order valence-electron chi connectivity index (χ4n) is 2.50. The first kappa shape index (κ1) is 31.6. The number of ether oxygens (including phenoxy) is 1. The number of alkyl halides is 3. The van der Waals surface area contributed by atoms with Crippen LogP contribution in [0.25, 0.3) is 5.69 Å². The minimum absolute atomic E-state index is 0.178. The van der Waals surface area contributed by atoms with E-state index < -0.39 is 51.4 Å². The van der Waals surface area contributed by atoms with Gasteiger partial charge in [-0.2, -0.15) is 25.9 Å². The quantitative estimate of drug-likeness (QED) is 0.368. The highest BCUT2D eigenvalue weighted by Crippen LogP contribution is 2.27. The molecule has 0 aliphatic carbocycles. The summed E-state index contributed by atoms with van der Waals surface area (Å²) >= 11 is 5.87. The van der Waals surface area contributed by atoms with Crippen molar-refractivity contribution in [3.05, 3.63) is 74.0 Å². The summed E-state index contributed by atoms with van der Waals surface area (Å²) in [6.07, 6.45) is -4.97. The molecule has 1 aromatic carbocycles. The van der Waals surface area contributed by atoms with Crippen molar-refractivity contribution >= 4 is 33.7 Å². The lowest BCUT2D eigenvalue weighted by Gasteiger charge is -2.15. The van der Waals surface area contributed by atoms with E-state index in [0.717, 1.165) is 36.5 Å². The zero-order chi connectivity index (χ0) is 28.9. The molecule has 2 rings (SSSR count). The Morgan fingerprint density at radius 1 is 1.30 bits per heavy atom. The van der Waals surface area contributed by atoms with E-state index in [9.17, 15) is 40.8 Å². The molecule has 0 aliphatic rings. The third-order valence-electron chi connectivity index (χ3n) is 4.49. The van der Waals surface area contributed by atoms with E-state index in [1.807, 2.05) is 0 Å². The topological polar surface area (TPSA) is 171 Å². The number of rotatable bonds is 7. The molecule has 2 aromatic rings. The van der Waals surface area contributed by atoms with Gasteiger partial charge in [-0.05, 0) is 25.1 Å². The number of aromatic nitrogens is 2. The molecule has 0 bridgehead atoms. The highest BCUT2D eigenvalue weighted by Gasteiger charge is 2.35. The molecular formula is C20H22ClF3N4O8S. The molecule has 0 unspecified atom stereocenters. The summed E-state index contributed by atoms with van der Waals surface area (Å²) in [4.78, 5) is 47.3. The van der Waals surface area contributed by atoms with Crippen LogP contribution in [0.2, 0.25) is 5.02 Å². The predicted octanol–water partition coefficient (Wildman–Crippen LogP) is 1.15. The average Bonchev–Trinajstić information content (AvgIpc) is 2.76. The molecule has 3 N–H and O–H groups in total. The highest BCUT2D eigenvalue weighted by molar-refractivity contribution is 7.86. The first-order chi connectivity index (χ1) is 16.8. The van der Waals surface area contributed by atoms with Crippen molar-refractivity contribution in [3.8, 4) is 5.69 Å². The molecule has 0 aliphatic heterocycles. The van der Waals surface area contributed by atoms with E-state index >= 15 is 0 Å². The number of aliphatic carboxylic acids is 1. The minimum atomic E-state index is -4.92. The Kier molecular flexibility index (Phi) is 10.4. The molecule has 0 radical (unpaired) electrons. The standard InChI is InChI=1S/C16H12ClF3N2O6.C4H10N2O2S/c1-7(13(24)25)28-14(26)9-5-8(3-4-10(9)17)22-12(23)6-11(16(18,19)20)21(2)15(22)27;1-3-4-6(2)9(5,7)8/h3-7H,1-2H3,(H,24,25);3H,1,4H2,2H3,(H2,5,7,8)/t7-;/m0./s1. The molecule has 0 saturated heterocycles.